The summed E-state index contributed by atoms with van der Waals surface area (Å²) in [6.07, 6.45) is 3.71. The molecule has 2 nitrogen and oxygen atoms in total. The van der Waals surface area contributed by atoms with E-state index in [1.807, 2.05) is 18.5 Å². The predicted molar refractivity (Wildman–Crippen MR) is 83.7 cm³/mol. The Bertz CT molecular complexity index is 757. The molecule has 2 heteroatoms. The predicted octanol–water partition coefficient (Wildman–Crippen LogP) is 3.90. The van der Waals surface area contributed by atoms with E-state index in [9.17, 15) is 0 Å². The van der Waals surface area contributed by atoms with Gasteiger partial charge in [0.25, 0.3) is 0 Å². The van der Waals surface area contributed by atoms with Crippen molar-refractivity contribution in [2.75, 3.05) is 0 Å². The van der Waals surface area contributed by atoms with Gasteiger partial charge in [-0.25, -0.2) is 0 Å². The molecule has 100 valence electrons. The minimum absolute atomic E-state index is 0.122. The zero-order chi connectivity index (χ0) is 14.1. The molecule has 0 saturated heterocycles. The highest BCUT2D eigenvalue weighted by molar-refractivity contribution is 5.85. The van der Waals surface area contributed by atoms with E-state index in [1.54, 1.807) is 0 Å². The zero-order valence-corrected chi connectivity index (χ0v) is 11.8. The van der Waals surface area contributed by atoms with Crippen molar-refractivity contribution >= 4 is 10.8 Å². The molecule has 3 aromatic rings. The molecule has 0 aliphatic heterocycles. The van der Waals surface area contributed by atoms with Gasteiger partial charge in [-0.05, 0) is 42.0 Å². The highest BCUT2D eigenvalue weighted by Gasteiger charge is 2.14. The van der Waals surface area contributed by atoms with Gasteiger partial charge in [-0.15, -0.1) is 0 Å². The maximum atomic E-state index is 6.51. The Hall–Kier alpha value is -2.19. The Morgan fingerprint density at radius 3 is 2.65 bits per heavy atom. The molecule has 2 N–H and O–H groups in total. The van der Waals surface area contributed by atoms with Crippen LogP contribution in [0.3, 0.4) is 0 Å². The van der Waals surface area contributed by atoms with Gasteiger partial charge >= 0.3 is 0 Å². The smallest absolute Gasteiger partial charge is 0.0560 e. The summed E-state index contributed by atoms with van der Waals surface area (Å²) < 4.78 is 0. The number of aryl methyl sites for hydroxylation is 2. The molecule has 1 unspecified atom stereocenters. The van der Waals surface area contributed by atoms with Crippen molar-refractivity contribution in [3.8, 4) is 0 Å². The third kappa shape index (κ3) is 2.19. The molecule has 0 aliphatic carbocycles. The highest BCUT2D eigenvalue weighted by Crippen LogP contribution is 2.28. The van der Waals surface area contributed by atoms with Crippen LogP contribution in [0.1, 0.15) is 28.3 Å². The molecular formula is C18H18N2. The number of rotatable bonds is 2. The average Bonchev–Trinajstić information content (AvgIpc) is 2.46. The van der Waals surface area contributed by atoms with Crippen LogP contribution < -0.4 is 5.73 Å². The molecule has 0 bridgehead atoms. The Kier molecular flexibility index (Phi) is 3.25. The molecule has 0 aliphatic rings. The summed E-state index contributed by atoms with van der Waals surface area (Å²) in [5.41, 5.74) is 11.3. The first-order valence-electron chi connectivity index (χ1n) is 6.82. The van der Waals surface area contributed by atoms with E-state index in [1.165, 1.54) is 22.1 Å². The lowest BCUT2D eigenvalue weighted by Crippen LogP contribution is -2.13. The Morgan fingerprint density at radius 2 is 1.85 bits per heavy atom. The van der Waals surface area contributed by atoms with Gasteiger partial charge in [0.1, 0.15) is 0 Å². The zero-order valence-electron chi connectivity index (χ0n) is 11.8. The van der Waals surface area contributed by atoms with E-state index in [2.05, 4.69) is 55.2 Å². The fourth-order valence-electron chi connectivity index (χ4n) is 2.75. The van der Waals surface area contributed by atoms with Crippen LogP contribution in [0.25, 0.3) is 10.8 Å². The standard InChI is InChI=1S/C18H18N2/c1-12-6-7-15(13(2)10-12)18(19)16-5-3-4-14-8-9-20-11-17(14)16/h3-11,18H,19H2,1-2H3. The largest absolute Gasteiger partial charge is 0.320 e. The summed E-state index contributed by atoms with van der Waals surface area (Å²) in [5, 5.41) is 2.31. The number of hydrogen-bond acceptors (Lipinski definition) is 2. The van der Waals surface area contributed by atoms with E-state index in [0.29, 0.717) is 0 Å². The first-order chi connectivity index (χ1) is 9.66. The first-order valence-corrected chi connectivity index (χ1v) is 6.82. The molecule has 1 aromatic heterocycles. The molecule has 0 amide bonds. The van der Waals surface area contributed by atoms with Gasteiger partial charge in [0, 0.05) is 17.8 Å². The lowest BCUT2D eigenvalue weighted by molar-refractivity contribution is 0.869. The third-order valence-corrected chi connectivity index (χ3v) is 3.81. The number of hydrogen-bond donors (Lipinski definition) is 1. The summed E-state index contributed by atoms with van der Waals surface area (Å²) in [6.45, 7) is 4.22. The quantitative estimate of drug-likeness (QED) is 0.760. The molecule has 0 saturated carbocycles. The van der Waals surface area contributed by atoms with Crippen molar-refractivity contribution in [1.29, 1.82) is 0 Å². The number of nitrogens with zero attached hydrogens (tertiary/aromatic N) is 1. The molecule has 0 spiro atoms. The number of aromatic nitrogens is 1. The molecule has 2 aromatic carbocycles. The van der Waals surface area contributed by atoms with Gasteiger partial charge in [0.15, 0.2) is 0 Å². The average molecular weight is 262 g/mol. The number of benzene rings is 2. The third-order valence-electron chi connectivity index (χ3n) is 3.81. The summed E-state index contributed by atoms with van der Waals surface area (Å²) in [5.74, 6) is 0. The minimum atomic E-state index is -0.122. The Morgan fingerprint density at radius 1 is 1.00 bits per heavy atom. The molecule has 20 heavy (non-hydrogen) atoms. The highest BCUT2D eigenvalue weighted by atomic mass is 14.7. The van der Waals surface area contributed by atoms with Crippen LogP contribution in [-0.4, -0.2) is 4.98 Å². The second kappa shape index (κ2) is 5.06. The fraction of sp³-hybridized carbons (Fsp3) is 0.167. The van der Waals surface area contributed by atoms with Crippen molar-refractivity contribution in [2.45, 2.75) is 19.9 Å². The van der Waals surface area contributed by atoms with E-state index >= 15 is 0 Å². The van der Waals surface area contributed by atoms with Crippen molar-refractivity contribution in [1.82, 2.24) is 4.98 Å². The van der Waals surface area contributed by atoms with E-state index in [4.69, 9.17) is 5.73 Å². The van der Waals surface area contributed by atoms with Crippen LogP contribution in [0.4, 0.5) is 0 Å². The lowest BCUT2D eigenvalue weighted by atomic mass is 9.92. The van der Waals surface area contributed by atoms with Crippen LogP contribution >= 0.6 is 0 Å². The van der Waals surface area contributed by atoms with E-state index in [0.717, 1.165) is 10.9 Å². The van der Waals surface area contributed by atoms with Gasteiger partial charge in [0.2, 0.25) is 0 Å². The second-order valence-electron chi connectivity index (χ2n) is 5.28. The van der Waals surface area contributed by atoms with Gasteiger partial charge in [-0.2, -0.15) is 0 Å². The maximum Gasteiger partial charge on any atom is 0.0560 e. The molecule has 0 fully saturated rings. The van der Waals surface area contributed by atoms with Gasteiger partial charge in [-0.1, -0.05) is 42.0 Å². The number of nitrogens with two attached hydrogens (primary N) is 1. The van der Waals surface area contributed by atoms with Gasteiger partial charge < -0.3 is 5.73 Å². The SMILES string of the molecule is Cc1ccc(C(N)c2cccc3ccncc23)c(C)c1. The number of fused-ring (bicyclic) bond motifs is 1. The molecule has 3 rings (SSSR count). The summed E-state index contributed by atoms with van der Waals surface area (Å²) in [6, 6.07) is 14.6. The molecular weight excluding hydrogens is 244 g/mol. The van der Waals surface area contributed by atoms with E-state index < -0.39 is 0 Å². The van der Waals surface area contributed by atoms with Gasteiger partial charge in [0.05, 0.1) is 6.04 Å². The lowest BCUT2D eigenvalue weighted by Gasteiger charge is -2.17. The van der Waals surface area contributed by atoms with Crippen LogP contribution in [0.15, 0.2) is 54.9 Å². The van der Waals surface area contributed by atoms with Crippen LogP contribution in [0, 0.1) is 13.8 Å². The first kappa shape index (κ1) is 12.8. The summed E-state index contributed by atoms with van der Waals surface area (Å²) >= 11 is 0. The molecule has 0 radical (unpaired) electrons. The van der Waals surface area contributed by atoms with Crippen LogP contribution in [0.2, 0.25) is 0 Å². The van der Waals surface area contributed by atoms with Gasteiger partial charge in [-0.3, -0.25) is 4.98 Å². The maximum absolute atomic E-state index is 6.51. The van der Waals surface area contributed by atoms with Crippen LogP contribution in [-0.2, 0) is 0 Å². The van der Waals surface area contributed by atoms with Crippen molar-refractivity contribution in [2.24, 2.45) is 5.73 Å². The normalized spacial score (nSPS) is 12.6. The summed E-state index contributed by atoms with van der Waals surface area (Å²) in [7, 11) is 0. The molecule has 1 atom stereocenters. The second-order valence-corrected chi connectivity index (χ2v) is 5.28. The van der Waals surface area contributed by atoms with Crippen LogP contribution in [0.5, 0.6) is 0 Å². The van der Waals surface area contributed by atoms with Crippen molar-refractivity contribution < 1.29 is 0 Å². The monoisotopic (exact) mass is 262 g/mol. The Labute approximate surface area is 119 Å². The number of pyridine rings is 1. The van der Waals surface area contributed by atoms with Crippen molar-refractivity contribution in [3.05, 3.63) is 77.1 Å². The topological polar surface area (TPSA) is 38.9 Å². The summed E-state index contributed by atoms with van der Waals surface area (Å²) in [4.78, 5) is 4.23. The fourth-order valence-corrected chi connectivity index (χ4v) is 2.75. The minimum Gasteiger partial charge on any atom is -0.320 e. The van der Waals surface area contributed by atoms with Crippen molar-refractivity contribution in [3.63, 3.8) is 0 Å². The Balaban J connectivity index is 2.15. The van der Waals surface area contributed by atoms with E-state index in [-0.39, 0.29) is 6.04 Å². The molecule has 1 heterocycles.